The number of nitrogens with one attached hydrogen (secondary N) is 2. The minimum atomic E-state index is -0.272. The Labute approximate surface area is 135 Å². The molecule has 4 rings (SSSR count). The van der Waals surface area contributed by atoms with Gasteiger partial charge in [0.15, 0.2) is 0 Å². The summed E-state index contributed by atoms with van der Waals surface area (Å²) < 4.78 is 20.2. The van der Waals surface area contributed by atoms with Gasteiger partial charge in [0.2, 0.25) is 5.91 Å². The van der Waals surface area contributed by atoms with E-state index in [4.69, 9.17) is 4.74 Å². The first-order valence-electron chi connectivity index (χ1n) is 7.69. The molecule has 0 spiro atoms. The second kappa shape index (κ2) is 6.14. The van der Waals surface area contributed by atoms with Crippen molar-refractivity contribution in [2.75, 3.05) is 11.9 Å². The highest BCUT2D eigenvalue weighted by Gasteiger charge is 2.44. The van der Waals surface area contributed by atoms with Crippen LogP contribution < -0.4 is 10.6 Å². The summed E-state index contributed by atoms with van der Waals surface area (Å²) in [5, 5.41) is 5.99. The molecule has 22 heavy (non-hydrogen) atoms. The van der Waals surface area contributed by atoms with Gasteiger partial charge in [0.25, 0.3) is 0 Å². The lowest BCUT2D eigenvalue weighted by molar-refractivity contribution is -0.121. The molecule has 3 aliphatic rings. The average molecular weight is 327 g/mol. The molecule has 1 amide bonds. The molecule has 2 N–H and O–H groups in total. The van der Waals surface area contributed by atoms with E-state index in [9.17, 15) is 9.18 Å². The van der Waals surface area contributed by atoms with Gasteiger partial charge in [-0.1, -0.05) is 6.07 Å². The summed E-state index contributed by atoms with van der Waals surface area (Å²) in [5.74, 6) is -0.498. The lowest BCUT2D eigenvalue weighted by Crippen LogP contribution is -2.31. The minimum absolute atomic E-state index is 0. The number of halogens is 2. The van der Waals surface area contributed by atoms with Gasteiger partial charge in [-0.2, -0.15) is 0 Å². The van der Waals surface area contributed by atoms with Crippen molar-refractivity contribution in [3.8, 4) is 0 Å². The molecule has 2 saturated heterocycles. The van der Waals surface area contributed by atoms with Gasteiger partial charge in [-0.05, 0) is 49.4 Å². The van der Waals surface area contributed by atoms with Crippen LogP contribution in [0.5, 0.6) is 0 Å². The third-order valence-electron chi connectivity index (χ3n) is 4.91. The largest absolute Gasteiger partial charge is 0.374 e. The van der Waals surface area contributed by atoms with Gasteiger partial charge in [0.1, 0.15) is 5.82 Å². The van der Waals surface area contributed by atoms with E-state index >= 15 is 0 Å². The monoisotopic (exact) mass is 326 g/mol. The van der Waals surface area contributed by atoms with Gasteiger partial charge in [-0.3, -0.25) is 4.79 Å². The number of fused-ring (bicyclic) bond motifs is 3. The van der Waals surface area contributed by atoms with Crippen molar-refractivity contribution in [2.45, 2.75) is 44.4 Å². The fourth-order valence-corrected chi connectivity index (χ4v) is 3.77. The Hall–Kier alpha value is -1.17. The van der Waals surface area contributed by atoms with E-state index in [1.807, 2.05) is 6.07 Å². The number of anilines is 1. The highest BCUT2D eigenvalue weighted by Crippen LogP contribution is 2.39. The number of ether oxygens (including phenoxy) is 1. The van der Waals surface area contributed by atoms with Gasteiger partial charge in [0, 0.05) is 6.54 Å². The van der Waals surface area contributed by atoms with E-state index in [0.717, 1.165) is 36.9 Å². The normalized spacial score (nSPS) is 28.9. The first-order chi connectivity index (χ1) is 10.2. The molecule has 2 fully saturated rings. The van der Waals surface area contributed by atoms with Crippen LogP contribution in [0.1, 0.15) is 30.4 Å². The number of hydrogen-bond acceptors (Lipinski definition) is 3. The molecule has 6 heteroatoms. The van der Waals surface area contributed by atoms with Crippen molar-refractivity contribution in [3.05, 3.63) is 29.1 Å². The number of carbonyl (C=O) groups is 1. The van der Waals surface area contributed by atoms with E-state index in [1.54, 1.807) is 6.07 Å². The van der Waals surface area contributed by atoms with Crippen LogP contribution in [0.2, 0.25) is 0 Å². The Kier molecular flexibility index (Phi) is 4.39. The molecule has 4 nitrogen and oxygen atoms in total. The number of rotatable bonds is 2. The zero-order valence-corrected chi connectivity index (χ0v) is 13.0. The van der Waals surface area contributed by atoms with E-state index in [1.165, 1.54) is 0 Å². The Morgan fingerprint density at radius 3 is 2.95 bits per heavy atom. The minimum Gasteiger partial charge on any atom is -0.374 e. The Morgan fingerprint density at radius 2 is 2.23 bits per heavy atom. The summed E-state index contributed by atoms with van der Waals surface area (Å²) in [4.78, 5) is 12.4. The van der Waals surface area contributed by atoms with Crippen LogP contribution in [0.15, 0.2) is 12.1 Å². The molecule has 0 saturated carbocycles. The summed E-state index contributed by atoms with van der Waals surface area (Å²) >= 11 is 0. The number of carbonyl (C=O) groups excluding carboxylic acids is 1. The summed E-state index contributed by atoms with van der Waals surface area (Å²) in [6, 6.07) is 3.57. The molecule has 0 radical (unpaired) electrons. The van der Waals surface area contributed by atoms with E-state index in [0.29, 0.717) is 18.7 Å². The van der Waals surface area contributed by atoms with Gasteiger partial charge in [-0.15, -0.1) is 12.4 Å². The van der Waals surface area contributed by atoms with Gasteiger partial charge in [-0.25, -0.2) is 4.39 Å². The Balaban J connectivity index is 0.00000144. The SMILES string of the molecule is Cl.O=C(Nc1ccc2c(c1F)CCNC2)C1CC2CCC1O2. The smallest absolute Gasteiger partial charge is 0.230 e. The van der Waals surface area contributed by atoms with Crippen molar-refractivity contribution >= 4 is 24.0 Å². The third-order valence-corrected chi connectivity index (χ3v) is 4.91. The number of amides is 1. The molecule has 3 unspecified atom stereocenters. The standard InChI is InChI=1S/C16H19FN2O2.ClH/c17-15-11-5-6-18-8-9(11)1-3-13(15)19-16(20)12-7-10-2-4-14(12)21-10;/h1,3,10,12,14,18H,2,4-8H2,(H,19,20);1H. The Morgan fingerprint density at radius 1 is 1.36 bits per heavy atom. The molecule has 1 aromatic carbocycles. The number of benzene rings is 1. The number of hydrogen-bond donors (Lipinski definition) is 2. The van der Waals surface area contributed by atoms with E-state index < -0.39 is 0 Å². The van der Waals surface area contributed by atoms with E-state index in [-0.39, 0.29) is 42.3 Å². The maximum atomic E-state index is 14.5. The lowest BCUT2D eigenvalue weighted by Gasteiger charge is -2.21. The highest BCUT2D eigenvalue weighted by atomic mass is 35.5. The van der Waals surface area contributed by atoms with Crippen molar-refractivity contribution < 1.29 is 13.9 Å². The molecule has 2 bridgehead atoms. The van der Waals surface area contributed by atoms with Gasteiger partial charge in [0.05, 0.1) is 23.8 Å². The van der Waals surface area contributed by atoms with Crippen LogP contribution in [0.25, 0.3) is 0 Å². The summed E-state index contributed by atoms with van der Waals surface area (Å²) in [5.41, 5.74) is 2.03. The van der Waals surface area contributed by atoms with E-state index in [2.05, 4.69) is 10.6 Å². The topological polar surface area (TPSA) is 50.4 Å². The highest BCUT2D eigenvalue weighted by molar-refractivity contribution is 5.93. The van der Waals surface area contributed by atoms with Crippen LogP contribution in [-0.4, -0.2) is 24.7 Å². The van der Waals surface area contributed by atoms with Crippen LogP contribution in [0.4, 0.5) is 10.1 Å². The fraction of sp³-hybridized carbons (Fsp3) is 0.562. The molecule has 1 aromatic rings. The maximum Gasteiger partial charge on any atom is 0.230 e. The van der Waals surface area contributed by atoms with Crippen LogP contribution in [0, 0.1) is 11.7 Å². The second-order valence-corrected chi connectivity index (χ2v) is 6.20. The quantitative estimate of drug-likeness (QED) is 0.877. The zero-order chi connectivity index (χ0) is 14.4. The summed E-state index contributed by atoms with van der Waals surface area (Å²) in [6.45, 7) is 1.47. The first kappa shape index (κ1) is 15.7. The predicted octanol–water partition coefficient (Wildman–Crippen LogP) is 2.40. The van der Waals surface area contributed by atoms with Crippen LogP contribution >= 0.6 is 12.4 Å². The predicted molar refractivity (Wildman–Crippen MR) is 83.7 cm³/mol. The molecule has 0 aromatic heterocycles. The van der Waals surface area contributed by atoms with Crippen LogP contribution in [-0.2, 0) is 22.5 Å². The average Bonchev–Trinajstić information content (AvgIpc) is 3.13. The molecule has 3 heterocycles. The molecule has 120 valence electrons. The maximum absolute atomic E-state index is 14.5. The molecular formula is C16H20ClFN2O2. The molecule has 3 aliphatic heterocycles. The van der Waals surface area contributed by atoms with Gasteiger partial charge >= 0.3 is 0 Å². The zero-order valence-electron chi connectivity index (χ0n) is 12.2. The van der Waals surface area contributed by atoms with Crippen molar-refractivity contribution in [3.63, 3.8) is 0 Å². The van der Waals surface area contributed by atoms with Gasteiger partial charge < -0.3 is 15.4 Å². The second-order valence-electron chi connectivity index (χ2n) is 6.20. The fourth-order valence-electron chi connectivity index (χ4n) is 3.77. The summed E-state index contributed by atoms with van der Waals surface area (Å²) in [6.07, 6.45) is 3.69. The first-order valence-corrected chi connectivity index (χ1v) is 7.69. The Bertz CT molecular complexity index is 596. The third kappa shape index (κ3) is 2.62. The lowest BCUT2D eigenvalue weighted by atomic mass is 9.88. The molecule has 3 atom stereocenters. The molecule has 0 aliphatic carbocycles. The van der Waals surface area contributed by atoms with Crippen molar-refractivity contribution in [1.82, 2.24) is 5.32 Å². The van der Waals surface area contributed by atoms with Crippen molar-refractivity contribution in [1.29, 1.82) is 0 Å². The molecular weight excluding hydrogens is 307 g/mol. The van der Waals surface area contributed by atoms with Crippen molar-refractivity contribution in [2.24, 2.45) is 5.92 Å². The van der Waals surface area contributed by atoms with Crippen LogP contribution in [0.3, 0.4) is 0 Å². The summed E-state index contributed by atoms with van der Waals surface area (Å²) in [7, 11) is 0.